The highest BCUT2D eigenvalue weighted by molar-refractivity contribution is 5.93. The number of aryl methyl sites for hydroxylation is 1. The summed E-state index contributed by atoms with van der Waals surface area (Å²) in [5, 5.41) is 3.04. The quantitative estimate of drug-likeness (QED) is 0.795. The molecule has 1 unspecified atom stereocenters. The predicted molar refractivity (Wildman–Crippen MR) is 108 cm³/mol. The Labute approximate surface area is 170 Å². The van der Waals surface area contributed by atoms with E-state index >= 15 is 0 Å². The van der Waals surface area contributed by atoms with Gasteiger partial charge in [0.05, 0.1) is 6.20 Å². The molecule has 2 aromatic rings. The number of hydrogen-bond acceptors (Lipinski definition) is 6. The second-order valence-electron chi connectivity index (χ2n) is 8.15. The maximum Gasteiger partial charge on any atom is 0.273 e. The maximum absolute atomic E-state index is 12.5. The van der Waals surface area contributed by atoms with Crippen LogP contribution in [0.2, 0.25) is 0 Å². The van der Waals surface area contributed by atoms with E-state index in [1.807, 2.05) is 16.8 Å². The fraction of sp³-hybridized carbons (Fsp3) is 0.524. The molecule has 3 aliphatic heterocycles. The first-order valence-electron chi connectivity index (χ1n) is 10.3. The van der Waals surface area contributed by atoms with E-state index < -0.39 is 0 Å². The van der Waals surface area contributed by atoms with Gasteiger partial charge in [0.1, 0.15) is 29.5 Å². The summed E-state index contributed by atoms with van der Waals surface area (Å²) in [7, 11) is 0. The molecule has 2 saturated heterocycles. The fourth-order valence-electron chi connectivity index (χ4n) is 4.23. The Morgan fingerprint density at radius 2 is 1.97 bits per heavy atom. The van der Waals surface area contributed by atoms with Crippen LogP contribution in [0.4, 0.5) is 0 Å². The number of fused-ring (bicyclic) bond motifs is 1. The van der Waals surface area contributed by atoms with Gasteiger partial charge in [-0.2, -0.15) is 0 Å². The van der Waals surface area contributed by atoms with E-state index in [0.29, 0.717) is 11.6 Å². The molecule has 1 aromatic heterocycles. The molecule has 2 N–H and O–H groups in total. The van der Waals surface area contributed by atoms with Crippen LogP contribution < -0.4 is 15.5 Å². The van der Waals surface area contributed by atoms with Crippen LogP contribution in [-0.2, 0) is 4.74 Å². The van der Waals surface area contributed by atoms with Crippen LogP contribution >= 0.6 is 0 Å². The van der Waals surface area contributed by atoms with Crippen molar-refractivity contribution in [1.29, 1.82) is 0 Å². The number of carbonyl (C=O) groups is 1. The summed E-state index contributed by atoms with van der Waals surface area (Å²) in [6, 6.07) is 8.15. The van der Waals surface area contributed by atoms with Crippen molar-refractivity contribution in [3.8, 4) is 5.75 Å². The maximum atomic E-state index is 12.5. The molecule has 4 heterocycles. The minimum atomic E-state index is -0.150. The number of carbonyl (C=O) groups excluding carboxylic acids is 1. The minimum Gasteiger partial charge on any atom is -0.488 e. The van der Waals surface area contributed by atoms with Crippen molar-refractivity contribution in [1.82, 2.24) is 19.9 Å². The zero-order valence-electron chi connectivity index (χ0n) is 16.6. The van der Waals surface area contributed by atoms with E-state index in [9.17, 15) is 4.79 Å². The van der Waals surface area contributed by atoms with Crippen molar-refractivity contribution < 1.29 is 14.3 Å². The van der Waals surface area contributed by atoms with Crippen molar-refractivity contribution in [3.63, 3.8) is 0 Å². The lowest BCUT2D eigenvalue weighted by Gasteiger charge is -2.42. The van der Waals surface area contributed by atoms with Crippen molar-refractivity contribution in [2.45, 2.75) is 38.0 Å². The van der Waals surface area contributed by atoms with E-state index in [4.69, 9.17) is 9.47 Å². The monoisotopic (exact) mass is 397 g/mol. The molecule has 154 valence electrons. The molecule has 0 radical (unpaired) electrons. The summed E-state index contributed by atoms with van der Waals surface area (Å²) in [5.41, 5.74) is 5.25. The average Bonchev–Trinajstić information content (AvgIpc) is 3.13. The molecule has 5 rings (SSSR count). The third-order valence-electron chi connectivity index (χ3n) is 5.89. The van der Waals surface area contributed by atoms with Crippen molar-refractivity contribution >= 4 is 5.91 Å². The van der Waals surface area contributed by atoms with Gasteiger partial charge in [-0.15, -0.1) is 0 Å². The molecular formula is C21H27N5O3. The molecule has 3 aliphatic rings. The summed E-state index contributed by atoms with van der Waals surface area (Å²) in [4.78, 5) is 19.4. The molecule has 8 nitrogen and oxygen atoms in total. The van der Waals surface area contributed by atoms with Gasteiger partial charge >= 0.3 is 0 Å². The molecule has 2 fully saturated rings. The van der Waals surface area contributed by atoms with Gasteiger partial charge in [-0.05, 0) is 31.9 Å². The van der Waals surface area contributed by atoms with E-state index in [1.165, 1.54) is 5.56 Å². The number of nitrogens with zero attached hydrogens (tertiary/aromatic N) is 3. The van der Waals surface area contributed by atoms with Gasteiger partial charge in [-0.25, -0.2) is 9.66 Å². The fourth-order valence-corrected chi connectivity index (χ4v) is 4.23. The average molecular weight is 397 g/mol. The molecule has 0 bridgehead atoms. The van der Waals surface area contributed by atoms with Crippen molar-refractivity contribution in [2.24, 2.45) is 0 Å². The zero-order valence-corrected chi connectivity index (χ0v) is 16.6. The van der Waals surface area contributed by atoms with Crippen LogP contribution in [0.25, 0.3) is 0 Å². The standard InChI is InChI=1S/C21H27N5O3/c1-14-2-4-16(5-3-14)29-17-11-25(12-17)13-19-23-21(27)18-10-22-20(26(18)24-19)15-6-8-28-9-7-15/h2-5,10,15,17,19,24H,6-9,11-13H2,1H3,(H,23,27). The van der Waals surface area contributed by atoms with Crippen molar-refractivity contribution in [3.05, 3.63) is 47.5 Å². The van der Waals surface area contributed by atoms with Gasteiger partial charge in [0.2, 0.25) is 0 Å². The minimum absolute atomic E-state index is 0.0764. The molecule has 0 saturated carbocycles. The number of likely N-dealkylation sites (tertiary alicyclic amines) is 1. The summed E-state index contributed by atoms with van der Waals surface area (Å²) in [6.45, 7) is 6.00. The van der Waals surface area contributed by atoms with Crippen LogP contribution in [0.1, 0.15) is 40.6 Å². The summed E-state index contributed by atoms with van der Waals surface area (Å²) < 4.78 is 13.4. The zero-order chi connectivity index (χ0) is 19.8. The Morgan fingerprint density at radius 1 is 1.21 bits per heavy atom. The highest BCUT2D eigenvalue weighted by atomic mass is 16.5. The Hall–Kier alpha value is -2.58. The number of rotatable bonds is 5. The molecule has 8 heteroatoms. The number of nitrogens with one attached hydrogen (secondary N) is 2. The molecule has 1 amide bonds. The SMILES string of the molecule is Cc1ccc(OC2CN(CC3NC(=O)c4cnc(C5CCOCC5)n4N3)C2)cc1. The van der Waals surface area contributed by atoms with Gasteiger partial charge in [0, 0.05) is 38.8 Å². The number of ether oxygens (including phenoxy) is 2. The van der Waals surface area contributed by atoms with Gasteiger partial charge in [0.25, 0.3) is 5.91 Å². The lowest BCUT2D eigenvalue weighted by atomic mass is 10.00. The summed E-state index contributed by atoms with van der Waals surface area (Å²) in [5.74, 6) is 2.10. The third-order valence-corrected chi connectivity index (χ3v) is 5.89. The first-order chi connectivity index (χ1) is 14.2. The highest BCUT2D eigenvalue weighted by Crippen LogP contribution is 2.27. The summed E-state index contributed by atoms with van der Waals surface area (Å²) in [6.07, 6.45) is 3.59. The number of aromatic nitrogens is 2. The van der Waals surface area contributed by atoms with E-state index in [1.54, 1.807) is 6.20 Å². The van der Waals surface area contributed by atoms with Crippen molar-refractivity contribution in [2.75, 3.05) is 38.3 Å². The topological polar surface area (TPSA) is 80.7 Å². The number of hydrogen-bond donors (Lipinski definition) is 2. The Morgan fingerprint density at radius 3 is 2.72 bits per heavy atom. The summed E-state index contributed by atoms with van der Waals surface area (Å²) >= 11 is 0. The molecule has 29 heavy (non-hydrogen) atoms. The lowest BCUT2D eigenvalue weighted by molar-refractivity contribution is 0.0145. The number of amides is 1. The van der Waals surface area contributed by atoms with E-state index in [-0.39, 0.29) is 18.2 Å². The normalized spacial score (nSPS) is 23.1. The lowest BCUT2D eigenvalue weighted by Crippen LogP contribution is -2.61. The van der Waals surface area contributed by atoms with Gasteiger partial charge in [-0.1, -0.05) is 17.7 Å². The van der Waals surface area contributed by atoms with Gasteiger partial charge < -0.3 is 20.2 Å². The van der Waals surface area contributed by atoms with Crippen LogP contribution in [-0.4, -0.2) is 65.6 Å². The highest BCUT2D eigenvalue weighted by Gasteiger charge is 2.34. The number of benzene rings is 1. The second kappa shape index (κ2) is 7.68. The third kappa shape index (κ3) is 3.82. The van der Waals surface area contributed by atoms with Crippen LogP contribution in [0, 0.1) is 6.92 Å². The molecule has 0 aliphatic carbocycles. The van der Waals surface area contributed by atoms with Crippen LogP contribution in [0.3, 0.4) is 0 Å². The second-order valence-corrected chi connectivity index (χ2v) is 8.15. The number of imidazole rings is 1. The van der Waals surface area contributed by atoms with Crippen LogP contribution in [0.5, 0.6) is 5.75 Å². The smallest absolute Gasteiger partial charge is 0.273 e. The van der Waals surface area contributed by atoms with E-state index in [2.05, 4.69) is 39.7 Å². The van der Waals surface area contributed by atoms with E-state index in [0.717, 1.165) is 57.3 Å². The molecule has 1 aromatic carbocycles. The van der Waals surface area contributed by atoms with Gasteiger partial charge in [0.15, 0.2) is 0 Å². The molecule has 0 spiro atoms. The Kier molecular flexibility index (Phi) is 4.89. The first kappa shape index (κ1) is 18.4. The molecular weight excluding hydrogens is 370 g/mol. The Balaban J connectivity index is 1.17. The Bertz CT molecular complexity index is 869. The van der Waals surface area contributed by atoms with Crippen LogP contribution in [0.15, 0.2) is 30.5 Å². The first-order valence-corrected chi connectivity index (χ1v) is 10.3. The predicted octanol–water partition coefficient (Wildman–Crippen LogP) is 1.46. The largest absolute Gasteiger partial charge is 0.488 e. The molecule has 1 atom stereocenters. The van der Waals surface area contributed by atoms with Gasteiger partial charge in [-0.3, -0.25) is 9.69 Å².